The largest absolute Gasteiger partial charge is 0.497 e. The number of para-hydroxylation sites is 1. The molecule has 2 amide bonds. The minimum Gasteiger partial charge on any atom is -0.497 e. The number of aryl methyl sites for hydroxylation is 1. The summed E-state index contributed by atoms with van der Waals surface area (Å²) in [7, 11) is 1.67. The summed E-state index contributed by atoms with van der Waals surface area (Å²) in [6.45, 7) is 7.66. The molecule has 1 aliphatic heterocycles. The van der Waals surface area contributed by atoms with Gasteiger partial charge in [-0.15, -0.1) is 0 Å². The molecule has 0 aliphatic carbocycles. The van der Waals surface area contributed by atoms with E-state index in [-0.39, 0.29) is 11.8 Å². The Kier molecular flexibility index (Phi) is 8.84. The van der Waals surface area contributed by atoms with E-state index in [1.54, 1.807) is 31.0 Å². The zero-order chi connectivity index (χ0) is 28.8. The van der Waals surface area contributed by atoms with Crippen LogP contribution in [0.4, 0.5) is 5.69 Å². The summed E-state index contributed by atoms with van der Waals surface area (Å²) >= 11 is 0. The summed E-state index contributed by atoms with van der Waals surface area (Å²) in [5.74, 6) is 1.57. The van der Waals surface area contributed by atoms with Gasteiger partial charge in [-0.05, 0) is 60.4 Å². The van der Waals surface area contributed by atoms with E-state index in [9.17, 15) is 9.59 Å². The van der Waals surface area contributed by atoms with E-state index in [1.807, 2.05) is 71.5 Å². The van der Waals surface area contributed by atoms with Crippen LogP contribution in [-0.2, 0) is 24.4 Å². The molecule has 214 valence electrons. The van der Waals surface area contributed by atoms with Crippen LogP contribution in [0, 0.1) is 6.92 Å². The number of hydrogen-bond acceptors (Lipinski definition) is 6. The first-order valence-corrected chi connectivity index (χ1v) is 14.0. The molecule has 0 atom stereocenters. The Balaban J connectivity index is 1.41. The summed E-state index contributed by atoms with van der Waals surface area (Å²) in [5.41, 5.74) is 3.96. The van der Waals surface area contributed by atoms with Gasteiger partial charge in [-0.1, -0.05) is 30.3 Å². The van der Waals surface area contributed by atoms with Gasteiger partial charge >= 0.3 is 0 Å². The van der Waals surface area contributed by atoms with Crippen molar-refractivity contribution in [3.63, 3.8) is 0 Å². The van der Waals surface area contributed by atoms with Crippen molar-refractivity contribution in [1.82, 2.24) is 19.6 Å². The van der Waals surface area contributed by atoms with Crippen molar-refractivity contribution < 1.29 is 18.7 Å². The van der Waals surface area contributed by atoms with Crippen LogP contribution >= 0.6 is 0 Å². The summed E-state index contributed by atoms with van der Waals surface area (Å²) in [6, 6.07) is 19.5. The second-order valence-corrected chi connectivity index (χ2v) is 10.5. The van der Waals surface area contributed by atoms with Gasteiger partial charge in [-0.2, -0.15) is 5.10 Å². The molecule has 0 N–H and O–H groups in total. The first kappa shape index (κ1) is 28.2. The Morgan fingerprint density at radius 1 is 0.976 bits per heavy atom. The highest BCUT2D eigenvalue weighted by Crippen LogP contribution is 2.25. The maximum absolute atomic E-state index is 13.9. The number of amides is 2. The smallest absolute Gasteiger partial charge is 0.289 e. The molecule has 0 unspecified atom stereocenters. The lowest BCUT2D eigenvalue weighted by atomic mass is 10.1. The molecule has 0 saturated heterocycles. The van der Waals surface area contributed by atoms with Gasteiger partial charge in [0.25, 0.3) is 5.91 Å². The quantitative estimate of drug-likeness (QED) is 0.342. The number of carbonyl (C=O) groups excluding carboxylic acids is 2. The number of ether oxygens (including phenoxy) is 1. The van der Waals surface area contributed by atoms with Crippen molar-refractivity contribution in [2.75, 3.05) is 38.2 Å². The summed E-state index contributed by atoms with van der Waals surface area (Å²) in [5, 5.41) is 4.32. The molecule has 2 aromatic carbocycles. The van der Waals surface area contributed by atoms with E-state index in [4.69, 9.17) is 9.15 Å². The van der Waals surface area contributed by atoms with Crippen molar-refractivity contribution >= 4 is 17.5 Å². The zero-order valence-electron chi connectivity index (χ0n) is 24.0. The molecule has 0 fully saturated rings. The Morgan fingerprint density at radius 3 is 2.61 bits per heavy atom. The number of nitrogens with zero attached hydrogens (tertiary/aromatic N) is 5. The molecule has 9 nitrogen and oxygen atoms in total. The number of anilines is 1. The first-order chi connectivity index (χ1) is 19.9. The number of aromatic nitrogens is 2. The van der Waals surface area contributed by atoms with Crippen LogP contribution < -0.4 is 9.64 Å². The van der Waals surface area contributed by atoms with Crippen molar-refractivity contribution in [2.24, 2.45) is 0 Å². The third-order valence-electron chi connectivity index (χ3n) is 7.35. The van der Waals surface area contributed by atoms with Crippen LogP contribution in [0.25, 0.3) is 0 Å². The van der Waals surface area contributed by atoms with Crippen LogP contribution in [0.5, 0.6) is 5.75 Å². The lowest BCUT2D eigenvalue weighted by Crippen LogP contribution is -2.38. The van der Waals surface area contributed by atoms with Gasteiger partial charge in [0.15, 0.2) is 5.76 Å². The molecule has 4 aromatic rings. The maximum atomic E-state index is 13.9. The number of carbonyl (C=O) groups is 2. The Labute approximate surface area is 240 Å². The Bertz CT molecular complexity index is 1490. The minimum absolute atomic E-state index is 0.0153. The maximum Gasteiger partial charge on any atom is 0.289 e. The second kappa shape index (κ2) is 12.9. The molecule has 9 heteroatoms. The van der Waals surface area contributed by atoms with E-state index in [0.717, 1.165) is 41.1 Å². The predicted octanol–water partition coefficient (Wildman–Crippen LogP) is 4.74. The SMILES string of the molecule is COc1cccc(CN2CCCN(C(C)=O)c3ccccc3CN(C(=O)c3ccc(Cn4cc(C)cn4)o3)CC2)c1. The van der Waals surface area contributed by atoms with Crippen molar-refractivity contribution in [2.45, 2.75) is 39.9 Å². The van der Waals surface area contributed by atoms with Crippen LogP contribution in [-0.4, -0.2) is 64.7 Å². The molecular weight excluding hydrogens is 518 g/mol. The molecule has 0 saturated carbocycles. The molecule has 0 spiro atoms. The number of rotatable bonds is 6. The monoisotopic (exact) mass is 555 g/mol. The van der Waals surface area contributed by atoms with Gasteiger partial charge in [0.05, 0.1) is 19.9 Å². The van der Waals surface area contributed by atoms with E-state index in [1.165, 1.54) is 0 Å². The van der Waals surface area contributed by atoms with Crippen molar-refractivity contribution in [3.8, 4) is 5.75 Å². The Hall–Kier alpha value is -4.37. The molecule has 41 heavy (non-hydrogen) atoms. The first-order valence-electron chi connectivity index (χ1n) is 14.0. The summed E-state index contributed by atoms with van der Waals surface area (Å²) < 4.78 is 13.2. The molecule has 5 rings (SSSR count). The van der Waals surface area contributed by atoms with Crippen LogP contribution in [0.1, 0.15) is 46.3 Å². The summed E-state index contributed by atoms with van der Waals surface area (Å²) in [4.78, 5) is 32.6. The number of hydrogen-bond donors (Lipinski definition) is 0. The van der Waals surface area contributed by atoms with Crippen LogP contribution in [0.2, 0.25) is 0 Å². The number of benzene rings is 2. The van der Waals surface area contributed by atoms with E-state index >= 15 is 0 Å². The fourth-order valence-corrected chi connectivity index (χ4v) is 5.27. The molecule has 0 radical (unpaired) electrons. The third kappa shape index (κ3) is 7.05. The van der Waals surface area contributed by atoms with Crippen LogP contribution in [0.3, 0.4) is 0 Å². The predicted molar refractivity (Wildman–Crippen MR) is 157 cm³/mol. The van der Waals surface area contributed by atoms with Gasteiger partial charge in [0.2, 0.25) is 5.91 Å². The zero-order valence-corrected chi connectivity index (χ0v) is 24.0. The van der Waals surface area contributed by atoms with E-state index in [2.05, 4.69) is 16.1 Å². The van der Waals surface area contributed by atoms with E-state index < -0.39 is 0 Å². The van der Waals surface area contributed by atoms with Gasteiger partial charge < -0.3 is 19.0 Å². The molecule has 3 heterocycles. The van der Waals surface area contributed by atoms with E-state index in [0.29, 0.717) is 50.8 Å². The molecular formula is C32H37N5O4. The standard InChI is InChI=1S/C32H37N5O4/c1-24-19-33-36(20-24)23-29-12-13-31(41-29)32(39)35-17-16-34(21-26-8-6-10-28(18-26)40-3)14-7-15-37(25(2)38)30-11-5-4-9-27(30)22-35/h4-6,8-13,18-20H,7,14-17,21-23H2,1-3H3. The van der Waals surface area contributed by atoms with Crippen LogP contribution in [0.15, 0.2) is 77.5 Å². The van der Waals surface area contributed by atoms with Crippen molar-refractivity contribution in [3.05, 3.63) is 101 Å². The molecule has 0 bridgehead atoms. The topological polar surface area (TPSA) is 84.0 Å². The number of furan rings is 1. The van der Waals surface area contributed by atoms with Gasteiger partial charge in [-0.3, -0.25) is 19.2 Å². The average molecular weight is 556 g/mol. The number of methoxy groups -OCH3 is 1. The van der Waals surface area contributed by atoms with Gasteiger partial charge in [0, 0.05) is 58.1 Å². The minimum atomic E-state index is -0.183. The summed E-state index contributed by atoms with van der Waals surface area (Å²) in [6.07, 6.45) is 4.54. The molecule has 1 aliphatic rings. The van der Waals surface area contributed by atoms with Crippen molar-refractivity contribution in [1.29, 1.82) is 0 Å². The highest BCUT2D eigenvalue weighted by atomic mass is 16.5. The lowest BCUT2D eigenvalue weighted by molar-refractivity contribution is -0.116. The second-order valence-electron chi connectivity index (χ2n) is 10.5. The molecule has 2 aromatic heterocycles. The lowest BCUT2D eigenvalue weighted by Gasteiger charge is -2.27. The highest BCUT2D eigenvalue weighted by Gasteiger charge is 2.25. The average Bonchev–Trinajstić information content (AvgIpc) is 3.60. The highest BCUT2D eigenvalue weighted by molar-refractivity contribution is 5.93. The fraction of sp³-hybridized carbons (Fsp3) is 0.344. The third-order valence-corrected chi connectivity index (χ3v) is 7.35. The van der Waals surface area contributed by atoms with Gasteiger partial charge in [0.1, 0.15) is 11.5 Å². The normalized spacial score (nSPS) is 14.8. The fourth-order valence-electron chi connectivity index (χ4n) is 5.27. The van der Waals surface area contributed by atoms with Gasteiger partial charge in [-0.25, -0.2) is 0 Å². The Morgan fingerprint density at radius 2 is 1.83 bits per heavy atom. The number of fused-ring (bicyclic) bond motifs is 1.